The largest absolute Gasteiger partial charge is 0.455 e. The molecule has 0 unspecified atom stereocenters. The Morgan fingerprint density at radius 1 is 1.12 bits per heavy atom. The molecule has 2 nitrogen and oxygen atoms in total. The number of ether oxygens (including phenoxy) is 1. The van der Waals surface area contributed by atoms with Crippen LogP contribution >= 0.6 is 38.5 Å². The minimum Gasteiger partial charge on any atom is -0.455 e. The van der Waals surface area contributed by atoms with Gasteiger partial charge in [-0.2, -0.15) is 0 Å². The third-order valence-corrected chi connectivity index (χ3v) is 3.49. The summed E-state index contributed by atoms with van der Waals surface area (Å²) >= 11 is 5.65. The number of aryl methyl sites for hydroxylation is 1. The fourth-order valence-electron chi connectivity index (χ4n) is 1.46. The van der Waals surface area contributed by atoms with Crippen molar-refractivity contribution in [1.82, 2.24) is 0 Å². The number of halogens is 2. The van der Waals surface area contributed by atoms with Gasteiger partial charge in [0.05, 0.1) is 5.69 Å². The SMILES string of the molecule is Cc1cc(Br)ccc1Oc1ccc(I)cc1N. The van der Waals surface area contributed by atoms with Crippen molar-refractivity contribution in [1.29, 1.82) is 0 Å². The first-order valence-corrected chi connectivity index (χ1v) is 6.92. The molecule has 0 bridgehead atoms. The van der Waals surface area contributed by atoms with E-state index in [0.29, 0.717) is 11.4 Å². The lowest BCUT2D eigenvalue weighted by atomic mass is 10.2. The second kappa shape index (κ2) is 5.27. The number of benzene rings is 2. The monoisotopic (exact) mass is 403 g/mol. The van der Waals surface area contributed by atoms with Crippen LogP contribution in [0.15, 0.2) is 40.9 Å². The molecule has 0 fully saturated rings. The molecule has 0 amide bonds. The van der Waals surface area contributed by atoms with Crippen LogP contribution in [0.2, 0.25) is 0 Å². The predicted octanol–water partition coefficient (Wildman–Crippen LogP) is 4.74. The van der Waals surface area contributed by atoms with E-state index in [1.807, 2.05) is 43.3 Å². The van der Waals surface area contributed by atoms with Crippen LogP contribution in [-0.2, 0) is 0 Å². The Bertz CT molecular complexity index is 508. The summed E-state index contributed by atoms with van der Waals surface area (Å²) in [6.45, 7) is 2.00. The standard InChI is InChI=1S/C13H11BrINO/c1-8-6-9(14)2-4-12(8)17-13-5-3-10(15)7-11(13)16/h2-7H,16H2,1H3. The van der Waals surface area contributed by atoms with Gasteiger partial charge in [-0.3, -0.25) is 0 Å². The molecular formula is C13H11BrINO. The molecule has 0 aliphatic rings. The summed E-state index contributed by atoms with van der Waals surface area (Å²) in [4.78, 5) is 0. The maximum atomic E-state index is 5.91. The van der Waals surface area contributed by atoms with Crippen LogP contribution < -0.4 is 10.5 Å². The summed E-state index contributed by atoms with van der Waals surface area (Å²) in [6.07, 6.45) is 0. The first-order chi connectivity index (χ1) is 8.06. The zero-order valence-corrected chi connectivity index (χ0v) is 12.9. The van der Waals surface area contributed by atoms with Crippen LogP contribution in [-0.4, -0.2) is 0 Å². The topological polar surface area (TPSA) is 35.2 Å². The summed E-state index contributed by atoms with van der Waals surface area (Å²) in [5.74, 6) is 1.51. The second-order valence-electron chi connectivity index (χ2n) is 3.69. The van der Waals surface area contributed by atoms with Crippen molar-refractivity contribution in [3.63, 3.8) is 0 Å². The first-order valence-electron chi connectivity index (χ1n) is 5.05. The van der Waals surface area contributed by atoms with E-state index in [4.69, 9.17) is 10.5 Å². The van der Waals surface area contributed by atoms with E-state index in [0.717, 1.165) is 19.4 Å². The Morgan fingerprint density at radius 2 is 1.82 bits per heavy atom. The summed E-state index contributed by atoms with van der Waals surface area (Å²) < 4.78 is 7.94. The number of rotatable bonds is 2. The molecule has 2 rings (SSSR count). The number of nitrogen functional groups attached to an aromatic ring is 1. The second-order valence-corrected chi connectivity index (χ2v) is 5.86. The van der Waals surface area contributed by atoms with Gasteiger partial charge in [0.15, 0.2) is 0 Å². The van der Waals surface area contributed by atoms with Gasteiger partial charge in [0.2, 0.25) is 0 Å². The Hall–Kier alpha value is -0.750. The van der Waals surface area contributed by atoms with Crippen molar-refractivity contribution in [2.24, 2.45) is 0 Å². The molecule has 0 radical (unpaired) electrons. The number of hydrogen-bond acceptors (Lipinski definition) is 2. The van der Waals surface area contributed by atoms with Crippen LogP contribution in [0.4, 0.5) is 5.69 Å². The Balaban J connectivity index is 2.31. The van der Waals surface area contributed by atoms with E-state index in [1.165, 1.54) is 0 Å². The van der Waals surface area contributed by atoms with E-state index >= 15 is 0 Å². The lowest BCUT2D eigenvalue weighted by Crippen LogP contribution is -1.94. The normalized spacial score (nSPS) is 10.3. The summed E-state index contributed by atoms with van der Waals surface area (Å²) in [5, 5.41) is 0. The minimum atomic E-state index is 0.652. The van der Waals surface area contributed by atoms with Gasteiger partial charge in [0, 0.05) is 8.04 Å². The van der Waals surface area contributed by atoms with Gasteiger partial charge in [0.1, 0.15) is 11.5 Å². The zero-order chi connectivity index (χ0) is 12.4. The van der Waals surface area contributed by atoms with E-state index in [1.54, 1.807) is 0 Å². The molecule has 17 heavy (non-hydrogen) atoms. The fourth-order valence-corrected chi connectivity index (χ4v) is 2.45. The molecule has 0 spiro atoms. The van der Waals surface area contributed by atoms with E-state index in [9.17, 15) is 0 Å². The summed E-state index contributed by atoms with van der Waals surface area (Å²) in [6, 6.07) is 11.6. The highest BCUT2D eigenvalue weighted by Crippen LogP contribution is 2.31. The van der Waals surface area contributed by atoms with E-state index in [-0.39, 0.29) is 0 Å². The van der Waals surface area contributed by atoms with Crippen molar-refractivity contribution in [2.45, 2.75) is 6.92 Å². The molecule has 2 N–H and O–H groups in total. The zero-order valence-electron chi connectivity index (χ0n) is 9.21. The molecule has 0 aromatic heterocycles. The Labute approximate surface area is 122 Å². The number of hydrogen-bond donors (Lipinski definition) is 1. The lowest BCUT2D eigenvalue weighted by Gasteiger charge is -2.11. The average Bonchev–Trinajstić information content (AvgIpc) is 2.25. The molecule has 0 aliphatic heterocycles. The van der Waals surface area contributed by atoms with Gasteiger partial charge in [0.25, 0.3) is 0 Å². The molecule has 2 aromatic rings. The quantitative estimate of drug-likeness (QED) is 0.580. The predicted molar refractivity (Wildman–Crippen MR) is 82.5 cm³/mol. The Kier molecular flexibility index (Phi) is 3.93. The lowest BCUT2D eigenvalue weighted by molar-refractivity contribution is 0.481. The van der Waals surface area contributed by atoms with Crippen molar-refractivity contribution in [2.75, 3.05) is 5.73 Å². The van der Waals surface area contributed by atoms with Gasteiger partial charge in [-0.15, -0.1) is 0 Å². The van der Waals surface area contributed by atoms with Crippen LogP contribution in [0.3, 0.4) is 0 Å². The Morgan fingerprint density at radius 3 is 2.47 bits per heavy atom. The molecule has 4 heteroatoms. The molecule has 0 heterocycles. The van der Waals surface area contributed by atoms with E-state index < -0.39 is 0 Å². The molecule has 0 atom stereocenters. The van der Waals surface area contributed by atoms with Gasteiger partial charge in [-0.25, -0.2) is 0 Å². The summed E-state index contributed by atoms with van der Waals surface area (Å²) in [7, 11) is 0. The molecule has 0 saturated carbocycles. The fraction of sp³-hybridized carbons (Fsp3) is 0.0769. The van der Waals surface area contributed by atoms with Crippen LogP contribution in [0.1, 0.15) is 5.56 Å². The highest BCUT2D eigenvalue weighted by molar-refractivity contribution is 14.1. The summed E-state index contributed by atoms with van der Waals surface area (Å²) in [5.41, 5.74) is 7.63. The van der Waals surface area contributed by atoms with Gasteiger partial charge < -0.3 is 10.5 Å². The van der Waals surface area contributed by atoms with Gasteiger partial charge in [-0.1, -0.05) is 15.9 Å². The van der Waals surface area contributed by atoms with Gasteiger partial charge in [-0.05, 0) is 71.5 Å². The number of anilines is 1. The molecule has 88 valence electrons. The van der Waals surface area contributed by atoms with Crippen LogP contribution in [0, 0.1) is 10.5 Å². The molecule has 0 aliphatic carbocycles. The highest BCUT2D eigenvalue weighted by Gasteiger charge is 2.05. The maximum Gasteiger partial charge on any atom is 0.150 e. The molecule has 2 aromatic carbocycles. The highest BCUT2D eigenvalue weighted by atomic mass is 127. The third kappa shape index (κ3) is 3.13. The van der Waals surface area contributed by atoms with Crippen molar-refractivity contribution < 1.29 is 4.74 Å². The smallest absolute Gasteiger partial charge is 0.150 e. The third-order valence-electron chi connectivity index (χ3n) is 2.33. The molecular weight excluding hydrogens is 393 g/mol. The first kappa shape index (κ1) is 12.7. The van der Waals surface area contributed by atoms with Crippen molar-refractivity contribution >= 4 is 44.2 Å². The molecule has 0 saturated heterocycles. The minimum absolute atomic E-state index is 0.652. The van der Waals surface area contributed by atoms with Crippen molar-refractivity contribution in [3.8, 4) is 11.5 Å². The average molecular weight is 404 g/mol. The van der Waals surface area contributed by atoms with Gasteiger partial charge >= 0.3 is 0 Å². The van der Waals surface area contributed by atoms with Crippen LogP contribution in [0.25, 0.3) is 0 Å². The van der Waals surface area contributed by atoms with E-state index in [2.05, 4.69) is 38.5 Å². The maximum absolute atomic E-state index is 5.91. The number of nitrogens with two attached hydrogens (primary N) is 1. The van der Waals surface area contributed by atoms with Crippen LogP contribution in [0.5, 0.6) is 11.5 Å². The van der Waals surface area contributed by atoms with Crippen molar-refractivity contribution in [3.05, 3.63) is 50.0 Å².